The monoisotopic (exact) mass is 362 g/mol. The SMILES string of the molecule is CCC(C)C(=O)[C@H](CC1CCOCC1)c1ccc(S(=O)C2CC2)cc1. The van der Waals surface area contributed by atoms with E-state index < -0.39 is 10.8 Å². The van der Waals surface area contributed by atoms with Crippen LogP contribution in [0, 0.1) is 11.8 Å². The number of carbonyl (C=O) groups is 1. The van der Waals surface area contributed by atoms with E-state index in [1.54, 1.807) is 0 Å². The third-order valence-corrected chi connectivity index (χ3v) is 7.51. The van der Waals surface area contributed by atoms with Crippen LogP contribution in [0.5, 0.6) is 0 Å². The molecule has 1 saturated carbocycles. The highest BCUT2D eigenvalue weighted by Gasteiger charge is 2.31. The number of Topliss-reactive ketones (excluding diaryl/α,β-unsaturated/α-hetero) is 1. The lowest BCUT2D eigenvalue weighted by Gasteiger charge is -2.27. The quantitative estimate of drug-likeness (QED) is 0.685. The number of benzene rings is 1. The van der Waals surface area contributed by atoms with Crippen LogP contribution in [-0.2, 0) is 20.3 Å². The van der Waals surface area contributed by atoms with E-state index in [9.17, 15) is 9.00 Å². The second kappa shape index (κ2) is 8.59. The lowest BCUT2D eigenvalue weighted by Crippen LogP contribution is -2.25. The Hall–Kier alpha value is -1.00. The van der Waals surface area contributed by atoms with Crippen molar-refractivity contribution >= 4 is 16.6 Å². The van der Waals surface area contributed by atoms with E-state index in [1.165, 1.54) is 0 Å². The van der Waals surface area contributed by atoms with Gasteiger partial charge in [-0.1, -0.05) is 26.0 Å². The summed E-state index contributed by atoms with van der Waals surface area (Å²) in [4.78, 5) is 13.9. The van der Waals surface area contributed by atoms with Gasteiger partial charge in [-0.2, -0.15) is 0 Å². The second-order valence-electron chi connectivity index (χ2n) is 7.62. The molecule has 1 saturated heterocycles. The summed E-state index contributed by atoms with van der Waals surface area (Å²) in [7, 11) is -0.874. The van der Waals surface area contributed by atoms with Gasteiger partial charge >= 0.3 is 0 Å². The Balaban J connectivity index is 1.77. The fourth-order valence-corrected chi connectivity index (χ4v) is 4.94. The molecule has 1 heterocycles. The Morgan fingerprint density at radius 2 is 1.80 bits per heavy atom. The Bertz CT molecular complexity index is 600. The van der Waals surface area contributed by atoms with Crippen molar-refractivity contribution in [3.63, 3.8) is 0 Å². The number of rotatable bonds is 8. The maximum Gasteiger partial charge on any atom is 0.143 e. The number of hydrogen-bond donors (Lipinski definition) is 0. The average Bonchev–Trinajstić information content (AvgIpc) is 3.50. The molecule has 1 aromatic carbocycles. The van der Waals surface area contributed by atoms with Crippen LogP contribution in [0.3, 0.4) is 0 Å². The first-order chi connectivity index (χ1) is 12.1. The Morgan fingerprint density at radius 3 is 2.36 bits per heavy atom. The van der Waals surface area contributed by atoms with Crippen LogP contribution >= 0.6 is 0 Å². The van der Waals surface area contributed by atoms with Crippen molar-refractivity contribution in [1.82, 2.24) is 0 Å². The summed E-state index contributed by atoms with van der Waals surface area (Å²) < 4.78 is 17.8. The van der Waals surface area contributed by atoms with Crippen molar-refractivity contribution in [3.05, 3.63) is 29.8 Å². The highest BCUT2D eigenvalue weighted by Crippen LogP contribution is 2.34. The van der Waals surface area contributed by atoms with Gasteiger partial charge in [0.2, 0.25) is 0 Å². The fraction of sp³-hybridized carbons (Fsp3) is 0.667. The van der Waals surface area contributed by atoms with Crippen LogP contribution in [0.25, 0.3) is 0 Å². The van der Waals surface area contributed by atoms with Gasteiger partial charge in [0.15, 0.2) is 0 Å². The van der Waals surface area contributed by atoms with E-state index >= 15 is 0 Å². The predicted octanol–water partition coefficient (Wildman–Crippen LogP) is 4.47. The molecule has 1 aliphatic carbocycles. The molecule has 3 nitrogen and oxygen atoms in total. The van der Waals surface area contributed by atoms with E-state index in [4.69, 9.17) is 4.74 Å². The first kappa shape index (κ1) is 18.8. The number of ketones is 1. The summed E-state index contributed by atoms with van der Waals surface area (Å²) in [5, 5.41) is 0.352. The fourth-order valence-electron chi connectivity index (χ4n) is 3.59. The summed E-state index contributed by atoms with van der Waals surface area (Å²) in [6.07, 6.45) is 6.05. The molecule has 2 fully saturated rings. The minimum Gasteiger partial charge on any atom is -0.381 e. The molecule has 0 amide bonds. The van der Waals surface area contributed by atoms with Crippen molar-refractivity contribution in [2.45, 2.75) is 68.4 Å². The van der Waals surface area contributed by atoms with E-state index in [1.807, 2.05) is 31.2 Å². The van der Waals surface area contributed by atoms with Gasteiger partial charge in [-0.3, -0.25) is 9.00 Å². The topological polar surface area (TPSA) is 43.4 Å². The summed E-state index contributed by atoms with van der Waals surface area (Å²) in [5.74, 6) is 0.962. The molecule has 3 rings (SSSR count). The largest absolute Gasteiger partial charge is 0.381 e. The Kier molecular flexibility index (Phi) is 6.45. The van der Waals surface area contributed by atoms with Crippen LogP contribution in [0.2, 0.25) is 0 Å². The normalized spacial score (nSPS) is 22.3. The summed E-state index contributed by atoms with van der Waals surface area (Å²) >= 11 is 0. The van der Waals surface area contributed by atoms with Gasteiger partial charge in [0.25, 0.3) is 0 Å². The smallest absolute Gasteiger partial charge is 0.143 e. The third-order valence-electron chi connectivity index (χ3n) is 5.69. The number of ether oxygens (including phenoxy) is 1. The molecule has 3 atom stereocenters. The van der Waals surface area contributed by atoms with E-state index in [2.05, 4.69) is 6.92 Å². The first-order valence-corrected chi connectivity index (χ1v) is 10.9. The van der Waals surface area contributed by atoms with Crippen LogP contribution in [0.15, 0.2) is 29.2 Å². The summed E-state index contributed by atoms with van der Waals surface area (Å²) in [6.45, 7) is 5.74. The zero-order chi connectivity index (χ0) is 17.8. The van der Waals surface area contributed by atoms with Crippen molar-refractivity contribution in [1.29, 1.82) is 0 Å². The highest BCUT2D eigenvalue weighted by atomic mass is 32.2. The van der Waals surface area contributed by atoms with Crippen LogP contribution in [0.4, 0.5) is 0 Å². The van der Waals surface area contributed by atoms with Crippen LogP contribution in [-0.4, -0.2) is 28.5 Å². The lowest BCUT2D eigenvalue weighted by atomic mass is 9.79. The molecule has 0 spiro atoms. The molecule has 2 unspecified atom stereocenters. The van der Waals surface area contributed by atoms with Crippen LogP contribution < -0.4 is 0 Å². The first-order valence-electron chi connectivity index (χ1n) is 9.72. The molecule has 1 aliphatic heterocycles. The van der Waals surface area contributed by atoms with E-state index in [0.29, 0.717) is 17.0 Å². The van der Waals surface area contributed by atoms with Gasteiger partial charge in [0.05, 0.1) is 10.8 Å². The highest BCUT2D eigenvalue weighted by molar-refractivity contribution is 7.86. The van der Waals surface area contributed by atoms with Gasteiger partial charge in [-0.05, 0) is 62.1 Å². The van der Waals surface area contributed by atoms with Crippen molar-refractivity contribution in [3.8, 4) is 0 Å². The average molecular weight is 363 g/mol. The van der Waals surface area contributed by atoms with Crippen LogP contribution in [0.1, 0.15) is 63.9 Å². The maximum absolute atomic E-state index is 13.0. The molecule has 2 aliphatic rings. The van der Waals surface area contributed by atoms with Crippen molar-refractivity contribution in [2.75, 3.05) is 13.2 Å². The molecule has 0 N–H and O–H groups in total. The number of hydrogen-bond acceptors (Lipinski definition) is 3. The van der Waals surface area contributed by atoms with Gasteiger partial charge in [-0.25, -0.2) is 0 Å². The minimum atomic E-state index is -0.874. The molecule has 0 aromatic heterocycles. The Morgan fingerprint density at radius 1 is 1.16 bits per heavy atom. The van der Waals surface area contributed by atoms with E-state index in [-0.39, 0.29) is 11.8 Å². The van der Waals surface area contributed by atoms with E-state index in [0.717, 1.165) is 62.2 Å². The third kappa shape index (κ3) is 4.79. The van der Waals surface area contributed by atoms with Gasteiger partial charge in [0.1, 0.15) is 5.78 Å². The summed E-state index contributed by atoms with van der Waals surface area (Å²) in [6, 6.07) is 8.04. The predicted molar refractivity (Wildman–Crippen MR) is 101 cm³/mol. The standard InChI is InChI=1S/C21H30O3S/c1-3-15(2)21(22)20(14-16-10-12-24-13-11-16)17-4-6-18(7-5-17)25(23)19-8-9-19/h4-7,15-16,19-20H,3,8-14H2,1-2H3/t15?,20-,25?/m1/s1. The maximum atomic E-state index is 13.0. The molecule has 4 heteroatoms. The zero-order valence-electron chi connectivity index (χ0n) is 15.4. The van der Waals surface area contributed by atoms with Gasteiger partial charge in [0, 0.05) is 35.2 Å². The molecule has 0 radical (unpaired) electrons. The molecule has 138 valence electrons. The molecule has 1 aromatic rings. The molecular formula is C21H30O3S. The summed E-state index contributed by atoms with van der Waals surface area (Å²) in [5.41, 5.74) is 1.09. The number of carbonyl (C=O) groups excluding carboxylic acids is 1. The molecule has 0 bridgehead atoms. The zero-order valence-corrected chi connectivity index (χ0v) is 16.2. The molecular weight excluding hydrogens is 332 g/mol. The van der Waals surface area contributed by atoms with Crippen molar-refractivity contribution in [2.24, 2.45) is 11.8 Å². The Labute approximate surface area is 154 Å². The van der Waals surface area contributed by atoms with Crippen molar-refractivity contribution < 1.29 is 13.7 Å². The molecule has 25 heavy (non-hydrogen) atoms. The minimum absolute atomic E-state index is 0.0403. The lowest BCUT2D eigenvalue weighted by molar-refractivity contribution is -0.124. The van der Waals surface area contributed by atoms with Gasteiger partial charge < -0.3 is 4.74 Å². The second-order valence-corrected chi connectivity index (χ2v) is 9.35. The van der Waals surface area contributed by atoms with Gasteiger partial charge in [-0.15, -0.1) is 0 Å².